The van der Waals surface area contributed by atoms with Gasteiger partial charge in [-0.15, -0.1) is 6.58 Å². The molecule has 164 valence electrons. The summed E-state index contributed by atoms with van der Waals surface area (Å²) in [5, 5.41) is 0. The fraction of sp³-hybridized carbons (Fsp3) is 0.0333. The van der Waals surface area contributed by atoms with E-state index in [-0.39, 0.29) is 5.91 Å². The summed E-state index contributed by atoms with van der Waals surface area (Å²) in [6, 6.07) is 35.2. The van der Waals surface area contributed by atoms with Crippen LogP contribution in [0.5, 0.6) is 0 Å². The topological polar surface area (TPSA) is 46.1 Å². The number of anilines is 1. The van der Waals surface area contributed by atoms with Gasteiger partial charge in [0.25, 0.3) is 5.91 Å². The number of hydrogen-bond acceptors (Lipinski definition) is 3. The second-order valence-electron chi connectivity index (χ2n) is 7.90. The van der Waals surface area contributed by atoms with Crippen LogP contribution in [-0.2, 0) is 0 Å². The van der Waals surface area contributed by atoms with Crippen molar-refractivity contribution in [1.29, 1.82) is 0 Å². The third-order valence-electron chi connectivity index (χ3n) is 5.63. The number of para-hydroxylation sites is 1. The highest BCUT2D eigenvalue weighted by molar-refractivity contribution is 6.08. The quantitative estimate of drug-likeness (QED) is 0.272. The molecule has 4 aromatic carbocycles. The minimum absolute atomic E-state index is 0.108. The molecule has 0 atom stereocenters. The predicted octanol–water partition coefficient (Wildman–Crippen LogP) is 6.80. The molecule has 0 aliphatic rings. The highest BCUT2D eigenvalue weighted by Gasteiger charge is 2.19. The molecule has 0 radical (unpaired) electrons. The molecule has 0 aliphatic heterocycles. The van der Waals surface area contributed by atoms with E-state index >= 15 is 0 Å². The molecule has 5 rings (SSSR count). The van der Waals surface area contributed by atoms with E-state index in [1.165, 1.54) is 0 Å². The molecule has 0 fully saturated rings. The van der Waals surface area contributed by atoms with E-state index in [4.69, 9.17) is 9.97 Å². The third kappa shape index (κ3) is 4.21. The van der Waals surface area contributed by atoms with Gasteiger partial charge in [-0.1, -0.05) is 84.9 Å². The molecule has 4 heteroatoms. The van der Waals surface area contributed by atoms with Crippen molar-refractivity contribution >= 4 is 22.6 Å². The Balaban J connectivity index is 1.63. The Hall–Kier alpha value is -4.57. The molecule has 0 saturated carbocycles. The lowest BCUT2D eigenvalue weighted by atomic mass is 10.0. The van der Waals surface area contributed by atoms with E-state index in [0.717, 1.165) is 33.7 Å². The Labute approximate surface area is 198 Å². The zero-order chi connectivity index (χ0) is 23.3. The molecule has 1 aromatic heterocycles. The summed E-state index contributed by atoms with van der Waals surface area (Å²) in [4.78, 5) is 25.1. The molecule has 0 N–H and O–H groups in total. The van der Waals surface area contributed by atoms with Gasteiger partial charge in [0.15, 0.2) is 0 Å². The monoisotopic (exact) mass is 441 g/mol. The molecular formula is C30H23N3O. The van der Waals surface area contributed by atoms with Crippen LogP contribution < -0.4 is 4.90 Å². The summed E-state index contributed by atoms with van der Waals surface area (Å²) in [6.07, 6.45) is 1.73. The van der Waals surface area contributed by atoms with Gasteiger partial charge >= 0.3 is 0 Å². The zero-order valence-corrected chi connectivity index (χ0v) is 18.6. The fourth-order valence-corrected chi connectivity index (χ4v) is 3.98. The number of aromatic nitrogens is 2. The molecule has 1 heterocycles. The summed E-state index contributed by atoms with van der Waals surface area (Å²) in [6.45, 7) is 4.23. The number of rotatable bonds is 6. The highest BCUT2D eigenvalue weighted by Crippen LogP contribution is 2.31. The lowest BCUT2D eigenvalue weighted by molar-refractivity contribution is 0.0990. The summed E-state index contributed by atoms with van der Waals surface area (Å²) in [5.74, 6) is -0.108. The molecule has 0 aliphatic carbocycles. The van der Waals surface area contributed by atoms with Crippen molar-refractivity contribution < 1.29 is 4.79 Å². The van der Waals surface area contributed by atoms with Gasteiger partial charge in [-0.2, -0.15) is 0 Å². The normalized spacial score (nSPS) is 10.7. The smallest absolute Gasteiger partial charge is 0.258 e. The zero-order valence-electron chi connectivity index (χ0n) is 18.6. The van der Waals surface area contributed by atoms with Crippen molar-refractivity contribution in [3.63, 3.8) is 0 Å². The van der Waals surface area contributed by atoms with Crippen molar-refractivity contribution in [2.45, 2.75) is 0 Å². The summed E-state index contributed by atoms with van der Waals surface area (Å²) in [7, 11) is 0. The molecule has 0 unspecified atom stereocenters. The summed E-state index contributed by atoms with van der Waals surface area (Å²) < 4.78 is 0. The van der Waals surface area contributed by atoms with Crippen LogP contribution in [0.3, 0.4) is 0 Å². The van der Waals surface area contributed by atoms with Gasteiger partial charge in [-0.3, -0.25) is 4.79 Å². The Kier molecular flexibility index (Phi) is 5.95. The lowest BCUT2D eigenvalue weighted by Gasteiger charge is -2.21. The van der Waals surface area contributed by atoms with E-state index in [1.54, 1.807) is 11.0 Å². The first-order valence-electron chi connectivity index (χ1n) is 11.1. The first-order chi connectivity index (χ1) is 16.7. The van der Waals surface area contributed by atoms with Gasteiger partial charge in [0.05, 0.1) is 22.4 Å². The van der Waals surface area contributed by atoms with E-state index < -0.39 is 0 Å². The summed E-state index contributed by atoms with van der Waals surface area (Å²) in [5.41, 5.74) is 6.37. The Morgan fingerprint density at radius 2 is 1.24 bits per heavy atom. The van der Waals surface area contributed by atoms with Crippen LogP contribution in [0, 0.1) is 0 Å². The van der Waals surface area contributed by atoms with Gasteiger partial charge < -0.3 is 4.90 Å². The third-order valence-corrected chi connectivity index (χ3v) is 5.63. The van der Waals surface area contributed by atoms with Crippen LogP contribution in [0.1, 0.15) is 10.4 Å². The maximum absolute atomic E-state index is 13.5. The molecule has 0 saturated heterocycles. The molecular weight excluding hydrogens is 418 g/mol. The second kappa shape index (κ2) is 9.51. The number of carbonyl (C=O) groups excluding carboxylic acids is 1. The number of fused-ring (bicyclic) bond motifs is 1. The van der Waals surface area contributed by atoms with Crippen molar-refractivity contribution in [3.05, 3.63) is 127 Å². The van der Waals surface area contributed by atoms with E-state index in [1.807, 2.05) is 109 Å². The van der Waals surface area contributed by atoms with Crippen LogP contribution in [0.25, 0.3) is 33.5 Å². The van der Waals surface area contributed by atoms with Crippen molar-refractivity contribution in [3.8, 4) is 22.5 Å². The lowest BCUT2D eigenvalue weighted by Crippen LogP contribution is -2.31. The number of benzene rings is 4. The van der Waals surface area contributed by atoms with Crippen molar-refractivity contribution in [2.24, 2.45) is 0 Å². The van der Waals surface area contributed by atoms with Crippen LogP contribution >= 0.6 is 0 Å². The molecule has 4 nitrogen and oxygen atoms in total. The molecule has 0 bridgehead atoms. The van der Waals surface area contributed by atoms with Crippen LogP contribution in [0.2, 0.25) is 0 Å². The van der Waals surface area contributed by atoms with Gasteiger partial charge in [0.1, 0.15) is 0 Å². The van der Waals surface area contributed by atoms with E-state index in [0.29, 0.717) is 17.6 Å². The maximum atomic E-state index is 13.5. The maximum Gasteiger partial charge on any atom is 0.258 e. The number of carbonyl (C=O) groups is 1. The first kappa shape index (κ1) is 21.3. The SMILES string of the molecule is C=CCN(C(=O)c1ccc2nc(-c3ccccc3)c(-c3ccccc3)nc2c1)c1ccccc1. The highest BCUT2D eigenvalue weighted by atomic mass is 16.2. The molecule has 1 amide bonds. The van der Waals surface area contributed by atoms with Crippen LogP contribution in [0.4, 0.5) is 5.69 Å². The number of hydrogen-bond donors (Lipinski definition) is 0. The standard InChI is InChI=1S/C30H23N3O/c1-2-20-33(25-16-10-5-11-17-25)30(34)24-18-19-26-27(21-24)32-29(23-14-8-4-9-15-23)28(31-26)22-12-6-3-7-13-22/h2-19,21H,1,20H2. The summed E-state index contributed by atoms with van der Waals surface area (Å²) >= 11 is 0. The Bertz CT molecular complexity index is 1450. The van der Waals surface area contributed by atoms with Gasteiger partial charge in [-0.25, -0.2) is 9.97 Å². The largest absolute Gasteiger partial charge is 0.305 e. The fourth-order valence-electron chi connectivity index (χ4n) is 3.98. The minimum Gasteiger partial charge on any atom is -0.305 e. The van der Waals surface area contributed by atoms with Crippen molar-refractivity contribution in [2.75, 3.05) is 11.4 Å². The minimum atomic E-state index is -0.108. The van der Waals surface area contributed by atoms with E-state index in [2.05, 4.69) is 6.58 Å². The number of nitrogens with zero attached hydrogens (tertiary/aromatic N) is 3. The average molecular weight is 442 g/mol. The van der Waals surface area contributed by atoms with E-state index in [9.17, 15) is 4.79 Å². The number of amides is 1. The molecule has 0 spiro atoms. The van der Waals surface area contributed by atoms with Gasteiger partial charge in [0.2, 0.25) is 0 Å². The van der Waals surface area contributed by atoms with Crippen LogP contribution in [0.15, 0.2) is 122 Å². The Morgan fingerprint density at radius 3 is 1.79 bits per heavy atom. The van der Waals surface area contributed by atoms with Gasteiger partial charge in [0, 0.05) is 28.9 Å². The second-order valence-corrected chi connectivity index (χ2v) is 7.90. The Morgan fingerprint density at radius 1 is 0.706 bits per heavy atom. The van der Waals surface area contributed by atoms with Crippen LogP contribution in [-0.4, -0.2) is 22.4 Å². The van der Waals surface area contributed by atoms with Gasteiger partial charge in [-0.05, 0) is 30.3 Å². The first-order valence-corrected chi connectivity index (χ1v) is 11.1. The molecule has 5 aromatic rings. The van der Waals surface area contributed by atoms with Crippen molar-refractivity contribution in [1.82, 2.24) is 9.97 Å². The molecule has 34 heavy (non-hydrogen) atoms. The predicted molar refractivity (Wildman–Crippen MR) is 139 cm³/mol. The average Bonchev–Trinajstić information content (AvgIpc) is 2.92.